The second-order valence-corrected chi connectivity index (χ2v) is 5.68. The third-order valence-corrected chi connectivity index (χ3v) is 3.99. The van der Waals surface area contributed by atoms with Crippen LogP contribution in [0.15, 0.2) is 18.3 Å². The second kappa shape index (κ2) is 6.73. The molecule has 0 spiro atoms. The van der Waals surface area contributed by atoms with Crippen molar-refractivity contribution in [1.29, 1.82) is 0 Å². The summed E-state index contributed by atoms with van der Waals surface area (Å²) in [5.41, 5.74) is 5.27. The summed E-state index contributed by atoms with van der Waals surface area (Å²) >= 11 is 0. The lowest BCUT2D eigenvalue weighted by atomic mass is 10.1. The van der Waals surface area contributed by atoms with Gasteiger partial charge < -0.3 is 5.32 Å². The van der Waals surface area contributed by atoms with Crippen LogP contribution in [0.2, 0.25) is 0 Å². The molecule has 0 unspecified atom stereocenters. The van der Waals surface area contributed by atoms with Gasteiger partial charge in [0.25, 0.3) is 0 Å². The molecular formula is C17H24N4O. The number of nitrogens with one attached hydrogen (secondary N) is 1. The molecule has 0 aliphatic rings. The van der Waals surface area contributed by atoms with Gasteiger partial charge in [0.1, 0.15) is 6.54 Å². The number of aromatic nitrogens is 3. The minimum Gasteiger partial charge on any atom is -0.348 e. The first-order valence-corrected chi connectivity index (χ1v) is 7.67. The van der Waals surface area contributed by atoms with Crippen molar-refractivity contribution in [2.75, 3.05) is 0 Å². The number of aryl methyl sites for hydroxylation is 2. The van der Waals surface area contributed by atoms with Crippen LogP contribution >= 0.6 is 0 Å². The van der Waals surface area contributed by atoms with Gasteiger partial charge >= 0.3 is 0 Å². The van der Waals surface area contributed by atoms with Gasteiger partial charge in [-0.05, 0) is 51.3 Å². The molecule has 0 aliphatic heterocycles. The number of carbonyl (C=O) groups excluding carboxylic acids is 1. The molecule has 1 amide bonds. The summed E-state index contributed by atoms with van der Waals surface area (Å²) in [4.78, 5) is 16.5. The Balaban J connectivity index is 2.02. The topological polar surface area (TPSA) is 59.8 Å². The summed E-state index contributed by atoms with van der Waals surface area (Å²) in [5.74, 6) is -0.0404. The molecule has 0 radical (unpaired) electrons. The Morgan fingerprint density at radius 1 is 1.32 bits per heavy atom. The van der Waals surface area contributed by atoms with Crippen LogP contribution in [0.25, 0.3) is 0 Å². The van der Waals surface area contributed by atoms with E-state index in [1.165, 1.54) is 5.56 Å². The Labute approximate surface area is 131 Å². The van der Waals surface area contributed by atoms with E-state index in [-0.39, 0.29) is 18.5 Å². The van der Waals surface area contributed by atoms with Crippen LogP contribution in [0.3, 0.4) is 0 Å². The predicted octanol–water partition coefficient (Wildman–Crippen LogP) is 2.64. The second-order valence-electron chi connectivity index (χ2n) is 5.68. The summed E-state index contributed by atoms with van der Waals surface area (Å²) < 4.78 is 1.78. The van der Waals surface area contributed by atoms with Gasteiger partial charge in [0.15, 0.2) is 0 Å². The molecule has 2 aromatic heterocycles. The fraction of sp³-hybridized carbons (Fsp3) is 0.471. The average Bonchev–Trinajstić information content (AvgIpc) is 2.73. The summed E-state index contributed by atoms with van der Waals surface area (Å²) in [6.07, 6.45) is 2.74. The molecule has 5 heteroatoms. The fourth-order valence-electron chi connectivity index (χ4n) is 2.64. The molecule has 0 aliphatic carbocycles. The van der Waals surface area contributed by atoms with Gasteiger partial charge in [-0.2, -0.15) is 5.10 Å². The van der Waals surface area contributed by atoms with Crippen LogP contribution in [0.1, 0.15) is 48.1 Å². The van der Waals surface area contributed by atoms with E-state index in [2.05, 4.69) is 22.3 Å². The van der Waals surface area contributed by atoms with Crippen molar-refractivity contribution >= 4 is 5.91 Å². The van der Waals surface area contributed by atoms with Crippen LogP contribution in [0.4, 0.5) is 0 Å². The smallest absolute Gasteiger partial charge is 0.242 e. The minimum atomic E-state index is -0.0665. The number of amides is 1. The summed E-state index contributed by atoms with van der Waals surface area (Å²) in [6, 6.07) is 3.88. The van der Waals surface area contributed by atoms with E-state index in [1.54, 1.807) is 10.9 Å². The Morgan fingerprint density at radius 2 is 2.05 bits per heavy atom. The highest BCUT2D eigenvalue weighted by Crippen LogP contribution is 2.14. The number of carbonyl (C=O) groups is 1. The Morgan fingerprint density at radius 3 is 2.59 bits per heavy atom. The van der Waals surface area contributed by atoms with Crippen molar-refractivity contribution in [2.24, 2.45) is 0 Å². The van der Waals surface area contributed by atoms with Gasteiger partial charge in [0.05, 0.1) is 11.7 Å². The first kappa shape index (κ1) is 16.2. The van der Waals surface area contributed by atoms with Crippen LogP contribution in [-0.4, -0.2) is 20.7 Å². The van der Waals surface area contributed by atoms with E-state index in [4.69, 9.17) is 0 Å². The lowest BCUT2D eigenvalue weighted by Gasteiger charge is -2.14. The lowest BCUT2D eigenvalue weighted by molar-refractivity contribution is -0.122. The Hall–Kier alpha value is -2.17. The zero-order valence-electron chi connectivity index (χ0n) is 14.0. The quantitative estimate of drug-likeness (QED) is 0.923. The van der Waals surface area contributed by atoms with Crippen molar-refractivity contribution in [3.05, 3.63) is 46.5 Å². The zero-order chi connectivity index (χ0) is 16.3. The van der Waals surface area contributed by atoms with E-state index in [0.717, 1.165) is 29.1 Å². The molecule has 1 N–H and O–H groups in total. The monoisotopic (exact) mass is 300 g/mol. The first-order chi connectivity index (χ1) is 10.4. The van der Waals surface area contributed by atoms with Crippen LogP contribution in [0, 0.1) is 20.8 Å². The fourth-order valence-corrected chi connectivity index (χ4v) is 2.64. The van der Waals surface area contributed by atoms with Gasteiger partial charge in [-0.15, -0.1) is 0 Å². The lowest BCUT2D eigenvalue weighted by Crippen LogP contribution is -2.30. The van der Waals surface area contributed by atoms with Crippen LogP contribution < -0.4 is 5.32 Å². The standard InChI is InChI=1S/C17H24N4O/c1-6-16-13(4)20-21(14(16)5)10-17(22)19-12(3)15-8-7-11(2)18-9-15/h7-9,12H,6,10H2,1-5H3,(H,19,22)/t12-/m0/s1. The number of pyridine rings is 1. The third-order valence-electron chi connectivity index (χ3n) is 3.99. The van der Waals surface area contributed by atoms with Crippen molar-refractivity contribution < 1.29 is 4.79 Å². The number of nitrogens with zero attached hydrogens (tertiary/aromatic N) is 3. The van der Waals surface area contributed by atoms with Gasteiger partial charge in [-0.3, -0.25) is 14.5 Å². The molecule has 0 saturated heterocycles. The van der Waals surface area contributed by atoms with E-state index in [1.807, 2.05) is 39.8 Å². The molecule has 22 heavy (non-hydrogen) atoms. The molecule has 2 heterocycles. The molecule has 2 aromatic rings. The SMILES string of the molecule is CCc1c(C)nn(CC(=O)N[C@@H](C)c2ccc(C)nc2)c1C. The van der Waals surface area contributed by atoms with E-state index < -0.39 is 0 Å². The Kier molecular flexibility index (Phi) is 4.96. The van der Waals surface area contributed by atoms with Crippen molar-refractivity contribution in [3.63, 3.8) is 0 Å². The number of rotatable bonds is 5. The van der Waals surface area contributed by atoms with Gasteiger partial charge in [0, 0.05) is 17.6 Å². The highest BCUT2D eigenvalue weighted by molar-refractivity contribution is 5.76. The molecule has 5 nitrogen and oxygen atoms in total. The predicted molar refractivity (Wildman–Crippen MR) is 86.6 cm³/mol. The highest BCUT2D eigenvalue weighted by Gasteiger charge is 2.14. The van der Waals surface area contributed by atoms with Crippen molar-refractivity contribution in [1.82, 2.24) is 20.1 Å². The van der Waals surface area contributed by atoms with Crippen LogP contribution in [-0.2, 0) is 17.8 Å². The summed E-state index contributed by atoms with van der Waals surface area (Å²) in [5, 5.41) is 7.45. The largest absolute Gasteiger partial charge is 0.348 e. The molecular weight excluding hydrogens is 276 g/mol. The molecule has 2 rings (SSSR count). The normalized spacial score (nSPS) is 12.2. The van der Waals surface area contributed by atoms with Crippen molar-refractivity contribution in [3.8, 4) is 0 Å². The Bertz CT molecular complexity index is 658. The first-order valence-electron chi connectivity index (χ1n) is 7.67. The van der Waals surface area contributed by atoms with E-state index in [9.17, 15) is 4.79 Å². The number of hydrogen-bond acceptors (Lipinski definition) is 3. The summed E-state index contributed by atoms with van der Waals surface area (Å²) in [6.45, 7) is 10.3. The molecule has 0 aromatic carbocycles. The van der Waals surface area contributed by atoms with Gasteiger partial charge in [-0.1, -0.05) is 13.0 Å². The highest BCUT2D eigenvalue weighted by atomic mass is 16.2. The van der Waals surface area contributed by atoms with Gasteiger partial charge in [0.2, 0.25) is 5.91 Å². The van der Waals surface area contributed by atoms with Gasteiger partial charge in [-0.25, -0.2) is 0 Å². The van der Waals surface area contributed by atoms with Crippen LogP contribution in [0.5, 0.6) is 0 Å². The molecule has 0 saturated carbocycles. The zero-order valence-corrected chi connectivity index (χ0v) is 14.0. The number of hydrogen-bond donors (Lipinski definition) is 1. The summed E-state index contributed by atoms with van der Waals surface area (Å²) in [7, 11) is 0. The maximum atomic E-state index is 12.2. The molecule has 0 fully saturated rings. The molecule has 0 bridgehead atoms. The molecule has 118 valence electrons. The average molecular weight is 300 g/mol. The third kappa shape index (κ3) is 3.53. The minimum absolute atomic E-state index is 0.0404. The van der Waals surface area contributed by atoms with E-state index >= 15 is 0 Å². The van der Waals surface area contributed by atoms with E-state index in [0.29, 0.717) is 0 Å². The molecule has 1 atom stereocenters. The maximum absolute atomic E-state index is 12.2. The van der Waals surface area contributed by atoms with Crippen molar-refractivity contribution in [2.45, 2.75) is 53.6 Å². The maximum Gasteiger partial charge on any atom is 0.242 e.